The minimum absolute atomic E-state index is 0.294. The lowest BCUT2D eigenvalue weighted by molar-refractivity contribution is -0.591. The van der Waals surface area contributed by atoms with Crippen LogP contribution < -0.4 is 9.25 Å². The molecule has 124 valence electrons. The van der Waals surface area contributed by atoms with Gasteiger partial charge in [-0.15, -0.1) is 4.52 Å². The summed E-state index contributed by atoms with van der Waals surface area (Å²) < 4.78 is 20.6. The van der Waals surface area contributed by atoms with Crippen LogP contribution in [0.1, 0.15) is 18.7 Å². The van der Waals surface area contributed by atoms with Crippen LogP contribution in [0.25, 0.3) is 5.78 Å². The van der Waals surface area contributed by atoms with E-state index < -0.39 is 0 Å². The van der Waals surface area contributed by atoms with Crippen LogP contribution in [0.3, 0.4) is 0 Å². The fourth-order valence-corrected chi connectivity index (χ4v) is 2.16. The molecule has 8 heteroatoms. The van der Waals surface area contributed by atoms with Gasteiger partial charge in [-0.05, 0) is 36.2 Å². The van der Waals surface area contributed by atoms with Gasteiger partial charge in [0, 0.05) is 20.2 Å². The van der Waals surface area contributed by atoms with Gasteiger partial charge in [0.1, 0.15) is 23.5 Å². The van der Waals surface area contributed by atoms with Crippen molar-refractivity contribution in [2.75, 3.05) is 14.1 Å². The molecule has 0 unspecified atom stereocenters. The smallest absolute Gasteiger partial charge is 0.459 e. The van der Waals surface area contributed by atoms with Crippen LogP contribution in [-0.4, -0.2) is 40.4 Å². The first kappa shape index (κ1) is 15.9. The number of halogens is 1. The quantitative estimate of drug-likeness (QED) is 0.442. The highest BCUT2D eigenvalue weighted by Gasteiger charge is 2.20. The van der Waals surface area contributed by atoms with Crippen LogP contribution in [0.4, 0.5) is 10.3 Å². The molecule has 0 radical (unpaired) electrons. The Morgan fingerprint density at radius 2 is 2.04 bits per heavy atom. The molecule has 0 bridgehead atoms. The van der Waals surface area contributed by atoms with Gasteiger partial charge >= 0.3 is 11.7 Å². The zero-order valence-electron chi connectivity index (χ0n) is 13.6. The summed E-state index contributed by atoms with van der Waals surface area (Å²) in [5, 5.41) is 3.07. The molecule has 24 heavy (non-hydrogen) atoms. The van der Waals surface area contributed by atoms with E-state index in [9.17, 15) is 4.39 Å². The Kier molecular flexibility index (Phi) is 4.37. The van der Waals surface area contributed by atoms with Crippen molar-refractivity contribution in [2.45, 2.75) is 13.0 Å². The number of aliphatic imine (C=N–C) groups is 1. The summed E-state index contributed by atoms with van der Waals surface area (Å²) in [7, 11) is 3.75. The summed E-state index contributed by atoms with van der Waals surface area (Å²) in [4.78, 5) is 14.6. The fourth-order valence-electron chi connectivity index (χ4n) is 2.16. The molecule has 0 aliphatic heterocycles. The molecule has 0 spiro atoms. The number of nitrogens with zero attached hydrogens (tertiary/aromatic N) is 5. The molecule has 2 heterocycles. The Balaban J connectivity index is 1.89. The SMILES string of the molecule is C[C@H](Oc1ccc(F)cc1)c1ccnc2nc(N=CN(C)C)[nH][n+]12. The molecule has 0 amide bonds. The fraction of sp³-hybridized carbons (Fsp3) is 0.250. The van der Waals surface area contributed by atoms with Crippen LogP contribution in [-0.2, 0) is 0 Å². The van der Waals surface area contributed by atoms with Crippen LogP contribution in [0, 0.1) is 5.82 Å². The predicted octanol–water partition coefficient (Wildman–Crippen LogP) is 2.04. The number of benzene rings is 1. The molecule has 0 aliphatic carbocycles. The molecule has 1 aromatic carbocycles. The maximum Gasteiger partial charge on any atom is 0.459 e. The number of H-pyrrole nitrogens is 1. The van der Waals surface area contributed by atoms with Crippen molar-refractivity contribution in [1.82, 2.24) is 20.0 Å². The van der Waals surface area contributed by atoms with Crippen molar-refractivity contribution in [1.29, 1.82) is 0 Å². The second-order valence-corrected chi connectivity index (χ2v) is 5.47. The number of hydrogen-bond donors (Lipinski definition) is 1. The van der Waals surface area contributed by atoms with Gasteiger partial charge in [-0.3, -0.25) is 0 Å². The summed E-state index contributed by atoms with van der Waals surface area (Å²) in [6.07, 6.45) is 3.02. The number of hydrogen-bond acceptors (Lipinski definition) is 4. The van der Waals surface area contributed by atoms with E-state index in [-0.39, 0.29) is 11.9 Å². The zero-order valence-corrected chi connectivity index (χ0v) is 13.6. The number of fused-ring (bicyclic) bond motifs is 1. The van der Waals surface area contributed by atoms with Crippen molar-refractivity contribution in [3.63, 3.8) is 0 Å². The molecule has 3 rings (SSSR count). The van der Waals surface area contributed by atoms with Gasteiger partial charge in [-0.25, -0.2) is 4.39 Å². The van der Waals surface area contributed by atoms with Gasteiger partial charge in [0.05, 0.1) is 6.34 Å². The Morgan fingerprint density at radius 3 is 2.75 bits per heavy atom. The zero-order chi connectivity index (χ0) is 17.1. The van der Waals surface area contributed by atoms with Gasteiger partial charge < -0.3 is 9.64 Å². The number of aromatic nitrogens is 4. The molecular formula is C16H18FN6O+. The molecule has 1 N–H and O–H groups in total. The molecule has 0 saturated heterocycles. The number of ether oxygens (including phenoxy) is 1. The van der Waals surface area contributed by atoms with E-state index in [1.165, 1.54) is 12.1 Å². The van der Waals surface area contributed by atoms with Gasteiger partial charge in [-0.2, -0.15) is 10.1 Å². The van der Waals surface area contributed by atoms with Crippen LogP contribution in [0.2, 0.25) is 0 Å². The number of nitrogens with one attached hydrogen (secondary N) is 1. The Bertz CT molecular complexity index is 859. The first-order valence-corrected chi connectivity index (χ1v) is 7.42. The summed E-state index contributed by atoms with van der Waals surface area (Å²) in [5.74, 6) is 1.22. The maximum absolute atomic E-state index is 13.0. The third kappa shape index (κ3) is 3.48. The maximum atomic E-state index is 13.0. The van der Waals surface area contributed by atoms with Crippen LogP contribution in [0.15, 0.2) is 41.5 Å². The van der Waals surface area contributed by atoms with E-state index in [1.54, 1.807) is 29.2 Å². The van der Waals surface area contributed by atoms with Gasteiger partial charge in [0.15, 0.2) is 6.10 Å². The second-order valence-electron chi connectivity index (χ2n) is 5.47. The molecule has 1 atom stereocenters. The van der Waals surface area contributed by atoms with E-state index >= 15 is 0 Å². The van der Waals surface area contributed by atoms with Crippen LogP contribution >= 0.6 is 0 Å². The third-order valence-electron chi connectivity index (χ3n) is 3.27. The summed E-state index contributed by atoms with van der Waals surface area (Å²) in [6.45, 7) is 1.90. The minimum Gasteiger partial charge on any atom is -0.483 e. The van der Waals surface area contributed by atoms with Gasteiger partial charge in [0.25, 0.3) is 0 Å². The van der Waals surface area contributed by atoms with Crippen LogP contribution in [0.5, 0.6) is 5.75 Å². The summed E-state index contributed by atoms with van der Waals surface area (Å²) in [6, 6.07) is 7.74. The van der Waals surface area contributed by atoms with Crippen molar-refractivity contribution in [3.8, 4) is 5.75 Å². The highest BCUT2D eigenvalue weighted by Crippen LogP contribution is 2.20. The second kappa shape index (κ2) is 6.61. The van der Waals surface area contributed by atoms with E-state index in [1.807, 2.05) is 32.0 Å². The average molecular weight is 329 g/mol. The third-order valence-corrected chi connectivity index (χ3v) is 3.27. The van der Waals surface area contributed by atoms with Crippen molar-refractivity contribution in [2.24, 2.45) is 4.99 Å². The van der Waals surface area contributed by atoms with Gasteiger partial charge in [-0.1, -0.05) is 4.98 Å². The standard InChI is InChI=1S/C16H17FN6O/c1-11(24-13-6-4-12(17)5-7-13)14-8-9-18-16-20-15(21-23(14)16)19-10-22(2)3/h4-11H,1-3H3/p+1/t11-/m0/s1. The topological polar surface area (TPSA) is 70.5 Å². The Hall–Kier alpha value is -3.03. The van der Waals surface area contributed by atoms with E-state index in [4.69, 9.17) is 4.74 Å². The lowest BCUT2D eigenvalue weighted by Crippen LogP contribution is -2.32. The number of aromatic amines is 1. The van der Waals surface area contributed by atoms with Crippen molar-refractivity contribution >= 4 is 18.1 Å². The predicted molar refractivity (Wildman–Crippen MR) is 86.8 cm³/mol. The molecule has 2 aromatic heterocycles. The largest absolute Gasteiger partial charge is 0.483 e. The first-order chi connectivity index (χ1) is 11.5. The lowest BCUT2D eigenvalue weighted by Gasteiger charge is -2.13. The van der Waals surface area contributed by atoms with Crippen molar-refractivity contribution in [3.05, 3.63) is 48.0 Å². The summed E-state index contributed by atoms with van der Waals surface area (Å²) in [5.41, 5.74) is 0.822. The monoisotopic (exact) mass is 329 g/mol. The Labute approximate surface area is 138 Å². The molecule has 0 aliphatic rings. The average Bonchev–Trinajstić information content (AvgIpc) is 2.98. The normalized spacial score (nSPS) is 12.7. The molecule has 0 fully saturated rings. The van der Waals surface area contributed by atoms with Gasteiger partial charge in [0.2, 0.25) is 0 Å². The minimum atomic E-state index is -0.298. The number of rotatable bonds is 5. The molecular weight excluding hydrogens is 311 g/mol. The Morgan fingerprint density at radius 1 is 1.29 bits per heavy atom. The van der Waals surface area contributed by atoms with Crippen molar-refractivity contribution < 1.29 is 13.6 Å². The first-order valence-electron chi connectivity index (χ1n) is 7.42. The highest BCUT2D eigenvalue weighted by atomic mass is 19.1. The highest BCUT2D eigenvalue weighted by molar-refractivity contribution is 5.57. The molecule has 7 nitrogen and oxygen atoms in total. The van der Waals surface area contributed by atoms with E-state index in [0.29, 0.717) is 17.5 Å². The summed E-state index contributed by atoms with van der Waals surface area (Å²) >= 11 is 0. The van der Waals surface area contributed by atoms with E-state index in [2.05, 4.69) is 20.1 Å². The van der Waals surface area contributed by atoms with E-state index in [0.717, 1.165) is 5.69 Å². The molecule has 0 saturated carbocycles. The molecule has 3 aromatic rings. The lowest BCUT2D eigenvalue weighted by atomic mass is 10.2.